The molecule has 0 saturated carbocycles. The maximum atomic E-state index is 11.7. The molecule has 0 spiro atoms. The average molecular weight is 276 g/mol. The van der Waals surface area contributed by atoms with Crippen LogP contribution in [0.4, 0.5) is 5.82 Å². The molecule has 0 radical (unpaired) electrons. The van der Waals surface area contributed by atoms with Crippen LogP contribution in [0.3, 0.4) is 0 Å². The number of amides is 1. The molecule has 1 aliphatic heterocycles. The van der Waals surface area contributed by atoms with Crippen molar-refractivity contribution in [2.24, 2.45) is 0 Å². The highest BCUT2D eigenvalue weighted by Crippen LogP contribution is 2.25. The summed E-state index contributed by atoms with van der Waals surface area (Å²) in [5.74, 6) is -0.338. The second kappa shape index (κ2) is 5.20. The van der Waals surface area contributed by atoms with Crippen molar-refractivity contribution in [3.05, 3.63) is 28.5 Å². The number of hydrogen-bond acceptors (Lipinski definition) is 5. The molecule has 0 atom stereocenters. The Balaban J connectivity index is 2.13. The lowest BCUT2D eigenvalue weighted by Crippen LogP contribution is -2.21. The van der Waals surface area contributed by atoms with Gasteiger partial charge in [-0.15, -0.1) is 0 Å². The van der Waals surface area contributed by atoms with Gasteiger partial charge in [0.1, 0.15) is 30.8 Å². The second-order valence-electron chi connectivity index (χ2n) is 2.98. The number of rotatable bonds is 2. The highest BCUT2D eigenvalue weighted by atomic mass is 35.5. The Morgan fingerprint density at radius 2 is 2.18 bits per heavy atom. The molecule has 0 unspecified atom stereocenters. The van der Waals surface area contributed by atoms with Gasteiger partial charge in [0, 0.05) is 0 Å². The number of nitrogens with one attached hydrogen (secondary N) is 1. The zero-order valence-corrected chi connectivity index (χ0v) is 9.96. The van der Waals surface area contributed by atoms with E-state index in [0.29, 0.717) is 13.2 Å². The standard InChI is InChI=1S/C9H7Cl2N3O3/c10-6-7(11)12-4-13-8(6)14-9(15)5-3-16-1-2-17-5/h3-4H,1-2H2,(H,12,13,14,15). The van der Waals surface area contributed by atoms with E-state index in [1.165, 1.54) is 12.6 Å². The molecule has 0 aliphatic carbocycles. The maximum Gasteiger partial charge on any atom is 0.295 e. The van der Waals surface area contributed by atoms with Crippen LogP contribution in [0.15, 0.2) is 18.3 Å². The number of carbonyl (C=O) groups excluding carboxylic acids is 1. The maximum absolute atomic E-state index is 11.7. The number of halogens is 2. The van der Waals surface area contributed by atoms with Crippen molar-refractivity contribution >= 4 is 34.9 Å². The lowest BCUT2D eigenvalue weighted by atomic mass is 10.4. The van der Waals surface area contributed by atoms with Crippen LogP contribution in [-0.2, 0) is 14.3 Å². The van der Waals surface area contributed by atoms with Gasteiger partial charge in [-0.05, 0) is 0 Å². The molecular weight excluding hydrogens is 269 g/mol. The largest absolute Gasteiger partial charge is 0.494 e. The number of nitrogens with zero attached hydrogens (tertiary/aromatic N) is 2. The van der Waals surface area contributed by atoms with E-state index in [1.807, 2.05) is 0 Å². The van der Waals surface area contributed by atoms with Crippen molar-refractivity contribution in [2.75, 3.05) is 18.5 Å². The van der Waals surface area contributed by atoms with E-state index in [-0.39, 0.29) is 21.8 Å². The predicted molar refractivity (Wildman–Crippen MR) is 60.7 cm³/mol. The summed E-state index contributed by atoms with van der Waals surface area (Å²) in [5.41, 5.74) is 0. The molecule has 6 nitrogen and oxygen atoms in total. The van der Waals surface area contributed by atoms with E-state index in [0.717, 1.165) is 0 Å². The average Bonchev–Trinajstić information content (AvgIpc) is 2.36. The van der Waals surface area contributed by atoms with Crippen LogP contribution in [0.25, 0.3) is 0 Å². The molecule has 1 N–H and O–H groups in total. The first-order valence-electron chi connectivity index (χ1n) is 4.60. The molecule has 0 fully saturated rings. The minimum atomic E-state index is -0.513. The van der Waals surface area contributed by atoms with E-state index < -0.39 is 5.91 Å². The fourth-order valence-electron chi connectivity index (χ4n) is 1.09. The summed E-state index contributed by atoms with van der Waals surface area (Å²) in [6.07, 6.45) is 2.42. The van der Waals surface area contributed by atoms with Crippen molar-refractivity contribution in [2.45, 2.75) is 0 Å². The Hall–Kier alpha value is -1.53. The summed E-state index contributed by atoms with van der Waals surface area (Å²) in [6.45, 7) is 0.731. The SMILES string of the molecule is O=C(Nc1ncnc(Cl)c1Cl)C1=COCCO1. The lowest BCUT2D eigenvalue weighted by molar-refractivity contribution is -0.117. The van der Waals surface area contributed by atoms with Gasteiger partial charge in [0.15, 0.2) is 11.0 Å². The van der Waals surface area contributed by atoms with Crippen LogP contribution in [0.1, 0.15) is 0 Å². The minimum Gasteiger partial charge on any atom is -0.494 e. The van der Waals surface area contributed by atoms with Crippen LogP contribution in [-0.4, -0.2) is 29.1 Å². The van der Waals surface area contributed by atoms with Crippen LogP contribution in [0, 0.1) is 0 Å². The molecule has 90 valence electrons. The molecule has 1 aromatic heterocycles. The molecule has 0 bridgehead atoms. The van der Waals surface area contributed by atoms with Crippen LogP contribution < -0.4 is 5.32 Å². The van der Waals surface area contributed by atoms with Gasteiger partial charge >= 0.3 is 0 Å². The zero-order valence-electron chi connectivity index (χ0n) is 8.44. The van der Waals surface area contributed by atoms with Gasteiger partial charge < -0.3 is 14.8 Å². The Morgan fingerprint density at radius 3 is 2.88 bits per heavy atom. The molecule has 2 rings (SSSR count). The van der Waals surface area contributed by atoms with E-state index in [2.05, 4.69) is 15.3 Å². The quantitative estimate of drug-likeness (QED) is 0.831. The van der Waals surface area contributed by atoms with Crippen molar-refractivity contribution in [1.82, 2.24) is 9.97 Å². The molecule has 1 amide bonds. The van der Waals surface area contributed by atoms with Crippen molar-refractivity contribution in [1.29, 1.82) is 0 Å². The van der Waals surface area contributed by atoms with Gasteiger partial charge in [-0.1, -0.05) is 23.2 Å². The highest BCUT2D eigenvalue weighted by molar-refractivity contribution is 6.43. The third-order valence-corrected chi connectivity index (χ3v) is 2.59. The fourth-order valence-corrected chi connectivity index (χ4v) is 1.37. The van der Waals surface area contributed by atoms with Gasteiger partial charge in [0.05, 0.1) is 0 Å². The zero-order chi connectivity index (χ0) is 12.3. The number of aromatic nitrogens is 2. The molecule has 2 heterocycles. The first-order valence-corrected chi connectivity index (χ1v) is 5.36. The second-order valence-corrected chi connectivity index (χ2v) is 3.72. The van der Waals surface area contributed by atoms with E-state index in [1.54, 1.807) is 0 Å². The number of carbonyl (C=O) groups is 1. The summed E-state index contributed by atoms with van der Waals surface area (Å²) in [6, 6.07) is 0. The van der Waals surface area contributed by atoms with E-state index >= 15 is 0 Å². The summed E-state index contributed by atoms with van der Waals surface area (Å²) >= 11 is 11.5. The summed E-state index contributed by atoms with van der Waals surface area (Å²) in [5, 5.41) is 2.57. The minimum absolute atomic E-state index is 0.0575. The van der Waals surface area contributed by atoms with Crippen molar-refractivity contribution < 1.29 is 14.3 Å². The summed E-state index contributed by atoms with van der Waals surface area (Å²) < 4.78 is 10.0. The summed E-state index contributed by atoms with van der Waals surface area (Å²) in [7, 11) is 0. The summed E-state index contributed by atoms with van der Waals surface area (Å²) in [4.78, 5) is 19.1. The molecule has 0 aromatic carbocycles. The van der Waals surface area contributed by atoms with Crippen LogP contribution in [0.2, 0.25) is 10.2 Å². The van der Waals surface area contributed by atoms with Crippen molar-refractivity contribution in [3.63, 3.8) is 0 Å². The topological polar surface area (TPSA) is 73.3 Å². The van der Waals surface area contributed by atoms with Gasteiger partial charge in [-0.3, -0.25) is 4.79 Å². The predicted octanol–water partition coefficient (Wildman–Crippen LogP) is 1.61. The van der Waals surface area contributed by atoms with Gasteiger partial charge in [0.2, 0.25) is 5.76 Å². The smallest absolute Gasteiger partial charge is 0.295 e. The first kappa shape index (κ1) is 11.9. The van der Waals surface area contributed by atoms with Gasteiger partial charge in [0.25, 0.3) is 5.91 Å². The normalized spacial score (nSPS) is 14.4. The fraction of sp³-hybridized carbons (Fsp3) is 0.222. The van der Waals surface area contributed by atoms with Gasteiger partial charge in [-0.25, -0.2) is 9.97 Å². The van der Waals surface area contributed by atoms with Crippen LogP contribution >= 0.6 is 23.2 Å². The van der Waals surface area contributed by atoms with Crippen molar-refractivity contribution in [3.8, 4) is 0 Å². The molecule has 8 heteroatoms. The Morgan fingerprint density at radius 1 is 1.35 bits per heavy atom. The molecule has 1 aromatic rings. The number of hydrogen-bond donors (Lipinski definition) is 1. The monoisotopic (exact) mass is 275 g/mol. The Labute approximate surface area is 107 Å². The Kier molecular flexibility index (Phi) is 3.65. The molecule has 1 aliphatic rings. The van der Waals surface area contributed by atoms with Crippen LogP contribution in [0.5, 0.6) is 0 Å². The third kappa shape index (κ3) is 2.78. The lowest BCUT2D eigenvalue weighted by Gasteiger charge is -2.15. The highest BCUT2D eigenvalue weighted by Gasteiger charge is 2.17. The molecule has 17 heavy (non-hydrogen) atoms. The van der Waals surface area contributed by atoms with E-state index in [4.69, 9.17) is 32.7 Å². The van der Waals surface area contributed by atoms with Gasteiger partial charge in [-0.2, -0.15) is 0 Å². The number of anilines is 1. The molecular formula is C9H7Cl2N3O3. The molecule has 0 saturated heterocycles. The Bertz CT molecular complexity index is 479. The third-order valence-electron chi connectivity index (χ3n) is 1.85. The van der Waals surface area contributed by atoms with E-state index in [9.17, 15) is 4.79 Å². The number of ether oxygens (including phenoxy) is 2. The first-order chi connectivity index (χ1) is 8.18.